The highest BCUT2D eigenvalue weighted by atomic mass is 19.2. The maximum Gasteiger partial charge on any atom is 0.248 e. The van der Waals surface area contributed by atoms with E-state index in [1.54, 1.807) is 0 Å². The number of hydrogen-bond donors (Lipinski definition) is 1. The van der Waals surface area contributed by atoms with E-state index in [0.717, 1.165) is 12.3 Å². The average molecular weight is 169 g/mol. The number of aliphatic hydroxyl groups excluding tert-OH is 1. The Labute approximate surface area is 67.9 Å². The van der Waals surface area contributed by atoms with Gasteiger partial charge in [0.1, 0.15) is 6.61 Å². The van der Waals surface area contributed by atoms with Crippen LogP contribution in [0.4, 0.5) is 8.78 Å². The highest BCUT2D eigenvalue weighted by Gasteiger charge is 2.01. The summed E-state index contributed by atoms with van der Waals surface area (Å²) >= 11 is 0. The first-order chi connectivity index (χ1) is 5.74. The minimum absolute atomic E-state index is 0.239. The summed E-state index contributed by atoms with van der Waals surface area (Å²) in [5.74, 6) is 2.49. The van der Waals surface area contributed by atoms with Crippen molar-refractivity contribution in [2.75, 3.05) is 6.61 Å². The number of nitrogens with zero attached hydrogens (tertiary/aromatic N) is 1. The SMILES string of the molecule is OCC#Cc1cnc(F)c(F)c1. The quantitative estimate of drug-likeness (QED) is 0.458. The normalized spacial score (nSPS) is 8.92. The molecule has 0 saturated heterocycles. The number of aliphatic hydroxyl groups is 1. The van der Waals surface area contributed by atoms with Gasteiger partial charge in [0.25, 0.3) is 0 Å². The van der Waals surface area contributed by atoms with Gasteiger partial charge in [-0.2, -0.15) is 4.39 Å². The van der Waals surface area contributed by atoms with Gasteiger partial charge in [-0.15, -0.1) is 0 Å². The second-order valence-corrected chi connectivity index (χ2v) is 1.96. The van der Waals surface area contributed by atoms with Gasteiger partial charge in [-0.3, -0.25) is 0 Å². The molecule has 0 atom stereocenters. The van der Waals surface area contributed by atoms with E-state index in [1.807, 2.05) is 0 Å². The van der Waals surface area contributed by atoms with Crippen LogP contribution in [0.5, 0.6) is 0 Å². The van der Waals surface area contributed by atoms with Crippen LogP contribution in [0.25, 0.3) is 0 Å². The molecule has 1 aromatic heterocycles. The maximum absolute atomic E-state index is 12.4. The van der Waals surface area contributed by atoms with Crippen LogP contribution in [0.3, 0.4) is 0 Å². The van der Waals surface area contributed by atoms with E-state index >= 15 is 0 Å². The van der Waals surface area contributed by atoms with Crippen molar-refractivity contribution in [2.45, 2.75) is 0 Å². The Kier molecular flexibility index (Phi) is 2.72. The molecule has 1 aromatic rings. The third-order valence-corrected chi connectivity index (χ3v) is 1.11. The summed E-state index contributed by atoms with van der Waals surface area (Å²) in [6.45, 7) is -0.320. The molecule has 0 unspecified atom stereocenters. The molecule has 1 rings (SSSR count). The maximum atomic E-state index is 12.4. The Hall–Kier alpha value is -1.47. The van der Waals surface area contributed by atoms with Crippen LogP contribution in [0.15, 0.2) is 12.3 Å². The van der Waals surface area contributed by atoms with Crippen LogP contribution < -0.4 is 0 Å². The van der Waals surface area contributed by atoms with Crippen molar-refractivity contribution in [3.8, 4) is 11.8 Å². The van der Waals surface area contributed by atoms with E-state index in [4.69, 9.17) is 5.11 Å². The van der Waals surface area contributed by atoms with Gasteiger partial charge in [0.2, 0.25) is 5.95 Å². The minimum atomic E-state index is -1.15. The van der Waals surface area contributed by atoms with E-state index in [0.29, 0.717) is 0 Å². The second-order valence-electron chi connectivity index (χ2n) is 1.96. The first-order valence-corrected chi connectivity index (χ1v) is 3.15. The van der Waals surface area contributed by atoms with Crippen LogP contribution in [0.2, 0.25) is 0 Å². The van der Waals surface area contributed by atoms with E-state index in [-0.39, 0.29) is 12.2 Å². The fourth-order valence-corrected chi connectivity index (χ4v) is 0.631. The van der Waals surface area contributed by atoms with E-state index in [1.165, 1.54) is 0 Å². The molecule has 1 heterocycles. The highest BCUT2D eigenvalue weighted by Crippen LogP contribution is 2.03. The molecule has 0 spiro atoms. The van der Waals surface area contributed by atoms with Crippen LogP contribution in [-0.2, 0) is 0 Å². The van der Waals surface area contributed by atoms with Gasteiger partial charge in [-0.1, -0.05) is 11.8 Å². The van der Waals surface area contributed by atoms with Gasteiger partial charge in [-0.05, 0) is 6.07 Å². The van der Waals surface area contributed by atoms with E-state index in [9.17, 15) is 8.78 Å². The highest BCUT2D eigenvalue weighted by molar-refractivity contribution is 5.31. The fourth-order valence-electron chi connectivity index (χ4n) is 0.631. The van der Waals surface area contributed by atoms with Gasteiger partial charge < -0.3 is 5.11 Å². The molecule has 0 amide bonds. The van der Waals surface area contributed by atoms with Crippen LogP contribution >= 0.6 is 0 Å². The zero-order valence-electron chi connectivity index (χ0n) is 6.01. The second kappa shape index (κ2) is 3.79. The third kappa shape index (κ3) is 2.01. The molecule has 1 N–H and O–H groups in total. The Morgan fingerprint density at radius 2 is 2.25 bits per heavy atom. The number of halogens is 2. The lowest BCUT2D eigenvalue weighted by Gasteiger charge is -1.91. The van der Waals surface area contributed by atoms with Gasteiger partial charge >= 0.3 is 0 Å². The number of aromatic nitrogens is 1. The number of pyridine rings is 1. The average Bonchev–Trinajstić information content (AvgIpc) is 2.07. The molecule has 4 heteroatoms. The fraction of sp³-hybridized carbons (Fsp3) is 0.125. The number of hydrogen-bond acceptors (Lipinski definition) is 2. The molecule has 0 aliphatic heterocycles. The van der Waals surface area contributed by atoms with Gasteiger partial charge in [0.15, 0.2) is 5.82 Å². The van der Waals surface area contributed by atoms with Gasteiger partial charge in [0, 0.05) is 11.8 Å². The first-order valence-electron chi connectivity index (χ1n) is 3.15. The molecular formula is C8H5F2NO. The topological polar surface area (TPSA) is 33.1 Å². The Balaban J connectivity index is 2.97. The van der Waals surface area contributed by atoms with Gasteiger partial charge in [0.05, 0.1) is 0 Å². The Morgan fingerprint density at radius 3 is 2.83 bits per heavy atom. The molecule has 0 aromatic carbocycles. The van der Waals surface area contributed by atoms with E-state index in [2.05, 4.69) is 16.8 Å². The molecule has 0 saturated carbocycles. The lowest BCUT2D eigenvalue weighted by atomic mass is 10.3. The summed E-state index contributed by atoms with van der Waals surface area (Å²) in [5.41, 5.74) is 0.239. The monoisotopic (exact) mass is 169 g/mol. The van der Waals surface area contributed by atoms with Crippen molar-refractivity contribution in [2.24, 2.45) is 0 Å². The van der Waals surface area contributed by atoms with Crippen molar-refractivity contribution in [3.05, 3.63) is 29.6 Å². The van der Waals surface area contributed by atoms with Crippen molar-refractivity contribution in [1.29, 1.82) is 0 Å². The molecule has 62 valence electrons. The Morgan fingerprint density at radius 1 is 1.50 bits per heavy atom. The predicted octanol–water partition coefficient (Wildman–Crippen LogP) is 0.704. The first kappa shape index (κ1) is 8.62. The van der Waals surface area contributed by atoms with Crippen molar-refractivity contribution >= 4 is 0 Å². The molecule has 0 aliphatic carbocycles. The molecule has 12 heavy (non-hydrogen) atoms. The van der Waals surface area contributed by atoms with Crippen LogP contribution in [-0.4, -0.2) is 16.7 Å². The summed E-state index contributed by atoms with van der Waals surface area (Å²) in [4.78, 5) is 3.11. The number of rotatable bonds is 0. The lowest BCUT2D eigenvalue weighted by Crippen LogP contribution is -1.90. The minimum Gasteiger partial charge on any atom is -0.384 e. The van der Waals surface area contributed by atoms with E-state index < -0.39 is 11.8 Å². The lowest BCUT2D eigenvalue weighted by molar-refractivity contribution is 0.350. The van der Waals surface area contributed by atoms with Crippen molar-refractivity contribution in [3.63, 3.8) is 0 Å². The van der Waals surface area contributed by atoms with Crippen LogP contribution in [0, 0.1) is 23.6 Å². The Bertz CT molecular complexity index is 341. The zero-order valence-corrected chi connectivity index (χ0v) is 6.01. The van der Waals surface area contributed by atoms with Crippen molar-refractivity contribution < 1.29 is 13.9 Å². The van der Waals surface area contributed by atoms with Gasteiger partial charge in [-0.25, -0.2) is 9.37 Å². The summed E-state index contributed by atoms with van der Waals surface area (Å²) in [6, 6.07) is 0.922. The largest absolute Gasteiger partial charge is 0.384 e. The summed E-state index contributed by atoms with van der Waals surface area (Å²) in [7, 11) is 0. The predicted molar refractivity (Wildman–Crippen MR) is 38.1 cm³/mol. The van der Waals surface area contributed by atoms with Crippen molar-refractivity contribution in [1.82, 2.24) is 4.98 Å². The smallest absolute Gasteiger partial charge is 0.248 e. The molecular weight excluding hydrogens is 164 g/mol. The summed E-state index contributed by atoms with van der Waals surface area (Å²) in [6.07, 6.45) is 1.10. The molecule has 0 aliphatic rings. The molecule has 0 radical (unpaired) electrons. The summed E-state index contributed by atoms with van der Waals surface area (Å²) in [5, 5.41) is 8.29. The standard InChI is InChI=1S/C8H5F2NO/c9-7-4-6(2-1-3-12)5-11-8(7)10/h4-5,12H,3H2. The zero-order chi connectivity index (χ0) is 8.97. The third-order valence-electron chi connectivity index (χ3n) is 1.11. The molecule has 2 nitrogen and oxygen atoms in total. The molecule has 0 bridgehead atoms. The summed E-state index contributed by atoms with van der Waals surface area (Å²) < 4.78 is 24.7. The molecule has 0 fully saturated rings. The van der Waals surface area contributed by atoms with Crippen LogP contribution in [0.1, 0.15) is 5.56 Å².